The lowest BCUT2D eigenvalue weighted by atomic mass is 9.82. The molecule has 0 spiro atoms. The molecule has 1 aromatic heterocycles. The molecule has 29 heavy (non-hydrogen) atoms. The third-order valence-electron chi connectivity index (χ3n) is 4.49. The number of rotatable bonds is 5. The lowest BCUT2D eigenvalue weighted by Crippen LogP contribution is -2.36. The van der Waals surface area contributed by atoms with E-state index in [1.54, 1.807) is 36.5 Å². The minimum atomic E-state index is -0.478. The fourth-order valence-electron chi connectivity index (χ4n) is 2.98. The fourth-order valence-corrected chi connectivity index (χ4v) is 2.98. The molecule has 1 atom stereocenters. The van der Waals surface area contributed by atoms with Crippen LogP contribution in [0.1, 0.15) is 42.9 Å². The molecular weight excluding hydrogens is 375 g/mol. The van der Waals surface area contributed by atoms with Gasteiger partial charge < -0.3 is 5.32 Å². The smallest absolute Gasteiger partial charge is 0.272 e. The maximum absolute atomic E-state index is 13.3. The quantitative estimate of drug-likeness (QED) is 0.510. The molecule has 0 saturated heterocycles. The van der Waals surface area contributed by atoms with E-state index in [1.807, 2.05) is 20.8 Å². The molecule has 0 bridgehead atoms. The van der Waals surface area contributed by atoms with E-state index in [9.17, 15) is 19.3 Å². The van der Waals surface area contributed by atoms with Gasteiger partial charge in [-0.2, -0.15) is 5.10 Å². The first-order chi connectivity index (χ1) is 13.6. The Morgan fingerprint density at radius 2 is 1.72 bits per heavy atom. The van der Waals surface area contributed by atoms with E-state index in [2.05, 4.69) is 10.4 Å². The van der Waals surface area contributed by atoms with Crippen molar-refractivity contribution in [1.82, 2.24) is 15.1 Å². The summed E-state index contributed by atoms with van der Waals surface area (Å²) in [5.74, 6) is -0.704. The Balaban J connectivity index is 1.81. The summed E-state index contributed by atoms with van der Waals surface area (Å²) in [6, 6.07) is 13.1. The van der Waals surface area contributed by atoms with Crippen molar-refractivity contribution in [2.45, 2.75) is 26.8 Å². The topological polar surface area (TPSA) is 90.1 Å². The van der Waals surface area contributed by atoms with Gasteiger partial charge in [0.1, 0.15) is 5.82 Å². The zero-order valence-corrected chi connectivity index (χ0v) is 16.3. The number of non-ortho nitro benzene ring substituents is 1. The van der Waals surface area contributed by atoms with Gasteiger partial charge in [0, 0.05) is 18.3 Å². The summed E-state index contributed by atoms with van der Waals surface area (Å²) in [5.41, 5.74) is 1.27. The van der Waals surface area contributed by atoms with Crippen LogP contribution in [-0.2, 0) is 0 Å². The summed E-state index contributed by atoms with van der Waals surface area (Å²) < 4.78 is 14.7. The van der Waals surface area contributed by atoms with Crippen molar-refractivity contribution >= 4 is 11.6 Å². The highest BCUT2D eigenvalue weighted by Crippen LogP contribution is 2.33. The molecule has 0 aliphatic carbocycles. The van der Waals surface area contributed by atoms with Crippen molar-refractivity contribution < 1.29 is 14.1 Å². The van der Waals surface area contributed by atoms with E-state index in [1.165, 1.54) is 28.9 Å². The maximum Gasteiger partial charge on any atom is 0.272 e. The van der Waals surface area contributed by atoms with Crippen LogP contribution in [0.25, 0.3) is 5.69 Å². The van der Waals surface area contributed by atoms with Gasteiger partial charge in [-0.1, -0.05) is 32.9 Å². The minimum absolute atomic E-state index is 0.0220. The molecule has 3 aromatic rings. The van der Waals surface area contributed by atoms with E-state index in [-0.39, 0.29) is 34.6 Å². The van der Waals surface area contributed by atoms with Crippen LogP contribution in [0, 0.1) is 21.3 Å². The number of nitro benzene ring substituents is 1. The van der Waals surface area contributed by atoms with E-state index < -0.39 is 4.92 Å². The molecule has 0 radical (unpaired) electrons. The van der Waals surface area contributed by atoms with Crippen molar-refractivity contribution in [1.29, 1.82) is 0 Å². The largest absolute Gasteiger partial charge is 0.343 e. The third kappa shape index (κ3) is 4.66. The maximum atomic E-state index is 13.3. The van der Waals surface area contributed by atoms with Crippen molar-refractivity contribution in [3.63, 3.8) is 0 Å². The van der Waals surface area contributed by atoms with E-state index in [0.717, 1.165) is 5.56 Å². The first kappa shape index (κ1) is 20.2. The molecule has 1 amide bonds. The number of benzene rings is 2. The van der Waals surface area contributed by atoms with Gasteiger partial charge in [-0.15, -0.1) is 0 Å². The average Bonchev–Trinajstić information content (AvgIpc) is 3.16. The van der Waals surface area contributed by atoms with E-state index >= 15 is 0 Å². The number of halogens is 1. The number of nitrogens with one attached hydrogen (secondary N) is 1. The van der Waals surface area contributed by atoms with E-state index in [0.29, 0.717) is 5.69 Å². The van der Waals surface area contributed by atoms with Crippen LogP contribution in [0.2, 0.25) is 0 Å². The number of carbonyl (C=O) groups excluding carboxylic acids is 1. The SMILES string of the molecule is CC(C)(C)C(NC(=O)c1ccn(-c2ccc([N+](=O)[O-])cc2)n1)c1ccc(F)cc1. The predicted octanol–water partition coefficient (Wildman–Crippen LogP) is 4.44. The second-order valence-electron chi connectivity index (χ2n) is 7.74. The lowest BCUT2D eigenvalue weighted by molar-refractivity contribution is -0.384. The molecule has 0 aliphatic rings. The van der Waals surface area contributed by atoms with Crippen molar-refractivity contribution in [2.75, 3.05) is 0 Å². The van der Waals surface area contributed by atoms with Gasteiger partial charge in [0.25, 0.3) is 11.6 Å². The molecule has 0 saturated carbocycles. The average molecular weight is 396 g/mol. The Morgan fingerprint density at radius 1 is 1.10 bits per heavy atom. The highest BCUT2D eigenvalue weighted by Gasteiger charge is 2.29. The molecule has 1 N–H and O–H groups in total. The number of hydrogen-bond acceptors (Lipinski definition) is 4. The second kappa shape index (κ2) is 7.83. The minimum Gasteiger partial charge on any atom is -0.343 e. The van der Waals surface area contributed by atoms with Crippen LogP contribution >= 0.6 is 0 Å². The first-order valence-corrected chi connectivity index (χ1v) is 9.02. The Labute approximate surface area is 167 Å². The molecule has 7 nitrogen and oxygen atoms in total. The van der Waals surface area contributed by atoms with Crippen molar-refractivity contribution in [3.8, 4) is 5.69 Å². The molecule has 0 fully saturated rings. The van der Waals surface area contributed by atoms with Crippen LogP contribution in [0.3, 0.4) is 0 Å². The number of nitrogens with zero attached hydrogens (tertiary/aromatic N) is 3. The van der Waals surface area contributed by atoms with Gasteiger partial charge in [0.15, 0.2) is 5.69 Å². The Hall–Kier alpha value is -3.55. The Kier molecular flexibility index (Phi) is 5.45. The van der Waals surface area contributed by atoms with Gasteiger partial charge in [-0.3, -0.25) is 14.9 Å². The number of nitro groups is 1. The highest BCUT2D eigenvalue weighted by molar-refractivity contribution is 5.92. The highest BCUT2D eigenvalue weighted by atomic mass is 19.1. The standard InChI is InChI=1S/C21H21FN4O3/c1-21(2,3)19(14-4-6-15(22)7-5-14)23-20(27)18-12-13-25(24-18)16-8-10-17(11-9-16)26(28)29/h4-13,19H,1-3H3,(H,23,27). The first-order valence-electron chi connectivity index (χ1n) is 9.02. The van der Waals surface area contributed by atoms with Crippen molar-refractivity contribution in [2.24, 2.45) is 5.41 Å². The summed E-state index contributed by atoms with van der Waals surface area (Å²) in [6.45, 7) is 5.95. The zero-order chi connectivity index (χ0) is 21.2. The molecule has 1 heterocycles. The summed E-state index contributed by atoms with van der Waals surface area (Å²) in [7, 11) is 0. The number of amides is 1. The number of carbonyl (C=O) groups is 1. The molecular formula is C21H21FN4O3. The monoisotopic (exact) mass is 396 g/mol. The van der Waals surface area contributed by atoms with Crippen LogP contribution in [-0.4, -0.2) is 20.6 Å². The lowest BCUT2D eigenvalue weighted by Gasteiger charge is -2.31. The third-order valence-corrected chi connectivity index (χ3v) is 4.49. The van der Waals surface area contributed by atoms with Gasteiger partial charge in [0.05, 0.1) is 16.7 Å². The molecule has 0 aliphatic heterocycles. The summed E-state index contributed by atoms with van der Waals surface area (Å²) in [5, 5.41) is 18.0. The van der Waals surface area contributed by atoms with Crippen LogP contribution in [0.4, 0.5) is 10.1 Å². The summed E-state index contributed by atoms with van der Waals surface area (Å²) in [6.07, 6.45) is 1.61. The molecule has 8 heteroatoms. The van der Waals surface area contributed by atoms with Gasteiger partial charge >= 0.3 is 0 Å². The fraction of sp³-hybridized carbons (Fsp3) is 0.238. The normalized spacial score (nSPS) is 12.4. The molecule has 3 rings (SSSR count). The molecule has 1 unspecified atom stereocenters. The summed E-state index contributed by atoms with van der Waals surface area (Å²) >= 11 is 0. The van der Waals surface area contributed by atoms with Gasteiger partial charge in [-0.05, 0) is 41.3 Å². The van der Waals surface area contributed by atoms with Gasteiger partial charge in [-0.25, -0.2) is 9.07 Å². The van der Waals surface area contributed by atoms with Crippen LogP contribution in [0.5, 0.6) is 0 Å². The molecule has 2 aromatic carbocycles. The van der Waals surface area contributed by atoms with Gasteiger partial charge in [0.2, 0.25) is 0 Å². The summed E-state index contributed by atoms with van der Waals surface area (Å²) in [4.78, 5) is 23.1. The number of hydrogen-bond donors (Lipinski definition) is 1. The Morgan fingerprint density at radius 3 is 2.28 bits per heavy atom. The molecule has 150 valence electrons. The predicted molar refractivity (Wildman–Crippen MR) is 106 cm³/mol. The van der Waals surface area contributed by atoms with E-state index in [4.69, 9.17) is 0 Å². The van der Waals surface area contributed by atoms with Crippen LogP contribution in [0.15, 0.2) is 60.8 Å². The zero-order valence-electron chi connectivity index (χ0n) is 16.3. The Bertz CT molecular complexity index is 1020. The van der Waals surface area contributed by atoms with Crippen LogP contribution < -0.4 is 5.32 Å². The number of aromatic nitrogens is 2. The second-order valence-corrected chi connectivity index (χ2v) is 7.74. The van der Waals surface area contributed by atoms with Crippen molar-refractivity contribution in [3.05, 3.63) is 88.0 Å².